The Morgan fingerprint density at radius 2 is 1.66 bits per heavy atom. The van der Waals surface area contributed by atoms with Gasteiger partial charge in [0.1, 0.15) is 5.57 Å². The molecule has 4 rings (SSSR count). The van der Waals surface area contributed by atoms with Gasteiger partial charge in [0, 0.05) is 5.69 Å². The molecule has 0 unspecified atom stereocenters. The highest BCUT2D eigenvalue weighted by Crippen LogP contribution is 2.30. The molecule has 3 aromatic carbocycles. The van der Waals surface area contributed by atoms with Gasteiger partial charge in [0.15, 0.2) is 18.1 Å². The Morgan fingerprint density at radius 1 is 0.921 bits per heavy atom. The van der Waals surface area contributed by atoms with Crippen molar-refractivity contribution in [3.63, 3.8) is 0 Å². The topological polar surface area (TPSA) is 114 Å². The van der Waals surface area contributed by atoms with E-state index in [1.807, 2.05) is 32.9 Å². The summed E-state index contributed by atoms with van der Waals surface area (Å²) in [5.74, 6) is -1.28. The first-order valence-electron chi connectivity index (χ1n) is 11.8. The number of carbonyl (C=O) groups excluding carboxylic acids is 4. The number of rotatable bonds is 7. The van der Waals surface area contributed by atoms with Crippen LogP contribution < -0.4 is 25.0 Å². The van der Waals surface area contributed by atoms with Gasteiger partial charge in [-0.25, -0.2) is 9.69 Å². The van der Waals surface area contributed by atoms with Gasteiger partial charge in [-0.05, 0) is 79.9 Å². The fourth-order valence-corrected chi connectivity index (χ4v) is 3.79. The molecule has 9 heteroatoms. The maximum absolute atomic E-state index is 13.2. The first-order valence-corrected chi connectivity index (χ1v) is 11.8. The van der Waals surface area contributed by atoms with E-state index in [4.69, 9.17) is 9.47 Å². The van der Waals surface area contributed by atoms with Gasteiger partial charge in [-0.2, -0.15) is 0 Å². The van der Waals surface area contributed by atoms with Crippen LogP contribution in [0.25, 0.3) is 6.08 Å². The summed E-state index contributed by atoms with van der Waals surface area (Å²) in [6, 6.07) is 16.5. The summed E-state index contributed by atoms with van der Waals surface area (Å²) in [4.78, 5) is 51.4. The molecule has 194 valence electrons. The summed E-state index contributed by atoms with van der Waals surface area (Å²) < 4.78 is 11.0. The molecule has 1 aliphatic heterocycles. The number of barbiturate groups is 1. The van der Waals surface area contributed by atoms with Crippen LogP contribution in [-0.4, -0.2) is 37.5 Å². The number of anilines is 2. The van der Waals surface area contributed by atoms with E-state index in [0.29, 0.717) is 28.4 Å². The normalized spacial score (nSPS) is 14.4. The number of hydrogen-bond acceptors (Lipinski definition) is 6. The quantitative estimate of drug-likeness (QED) is 0.360. The molecule has 0 aromatic heterocycles. The van der Waals surface area contributed by atoms with Crippen LogP contribution in [-0.2, 0) is 14.4 Å². The van der Waals surface area contributed by atoms with E-state index in [0.717, 1.165) is 21.6 Å². The van der Waals surface area contributed by atoms with Crippen molar-refractivity contribution in [2.24, 2.45) is 0 Å². The number of benzene rings is 3. The van der Waals surface area contributed by atoms with Crippen LogP contribution in [0.3, 0.4) is 0 Å². The van der Waals surface area contributed by atoms with Gasteiger partial charge in [-0.1, -0.05) is 29.8 Å². The van der Waals surface area contributed by atoms with Crippen molar-refractivity contribution in [2.75, 3.05) is 23.9 Å². The second-order valence-electron chi connectivity index (χ2n) is 8.84. The molecule has 1 saturated heterocycles. The lowest BCUT2D eigenvalue weighted by Crippen LogP contribution is -2.54. The summed E-state index contributed by atoms with van der Waals surface area (Å²) >= 11 is 0. The van der Waals surface area contributed by atoms with Crippen molar-refractivity contribution in [2.45, 2.75) is 20.8 Å². The third-order valence-electron chi connectivity index (χ3n) is 6.04. The van der Waals surface area contributed by atoms with Crippen molar-refractivity contribution in [1.82, 2.24) is 5.32 Å². The van der Waals surface area contributed by atoms with Gasteiger partial charge < -0.3 is 14.8 Å². The molecule has 0 bridgehead atoms. The molecule has 1 fully saturated rings. The third-order valence-corrected chi connectivity index (χ3v) is 6.04. The molecule has 3 aromatic rings. The fraction of sp³-hybridized carbons (Fsp3) is 0.172. The smallest absolute Gasteiger partial charge is 0.335 e. The van der Waals surface area contributed by atoms with E-state index in [9.17, 15) is 19.2 Å². The number of nitrogens with one attached hydrogen (secondary N) is 2. The number of hydrogen-bond donors (Lipinski definition) is 2. The fourth-order valence-electron chi connectivity index (χ4n) is 3.79. The molecular weight excluding hydrogens is 486 g/mol. The molecule has 0 aliphatic carbocycles. The Labute approximate surface area is 220 Å². The van der Waals surface area contributed by atoms with Crippen LogP contribution in [0.1, 0.15) is 22.3 Å². The van der Waals surface area contributed by atoms with Crippen molar-refractivity contribution in [1.29, 1.82) is 0 Å². The zero-order chi connectivity index (χ0) is 27.4. The largest absolute Gasteiger partial charge is 0.493 e. The molecule has 5 amide bonds. The summed E-state index contributed by atoms with van der Waals surface area (Å²) in [6.45, 7) is 5.49. The number of nitrogens with zero attached hydrogens (tertiary/aromatic N) is 1. The minimum Gasteiger partial charge on any atom is -0.493 e. The van der Waals surface area contributed by atoms with Crippen molar-refractivity contribution >= 4 is 41.2 Å². The zero-order valence-electron chi connectivity index (χ0n) is 21.5. The van der Waals surface area contributed by atoms with Crippen LogP contribution in [0.5, 0.6) is 11.5 Å². The molecule has 1 aliphatic rings. The van der Waals surface area contributed by atoms with E-state index in [-0.39, 0.29) is 18.1 Å². The molecule has 1 heterocycles. The Balaban J connectivity index is 1.51. The van der Waals surface area contributed by atoms with E-state index in [1.165, 1.54) is 13.2 Å². The van der Waals surface area contributed by atoms with E-state index >= 15 is 0 Å². The summed E-state index contributed by atoms with van der Waals surface area (Å²) in [6.07, 6.45) is 1.37. The molecular formula is C29H27N3O6. The first-order chi connectivity index (χ1) is 18.2. The highest BCUT2D eigenvalue weighted by atomic mass is 16.5. The Kier molecular flexibility index (Phi) is 7.57. The van der Waals surface area contributed by atoms with Crippen molar-refractivity contribution < 1.29 is 28.7 Å². The number of carbonyl (C=O) groups is 4. The van der Waals surface area contributed by atoms with Crippen LogP contribution in [0, 0.1) is 20.8 Å². The predicted octanol–water partition coefficient (Wildman–Crippen LogP) is 4.30. The standard InChI is InChI=1S/C29H27N3O6/c1-17-5-9-21(10-6-17)30-26(33)16-38-24-12-8-20(15-25(24)37-4)14-23-27(34)31-29(36)32(28(23)35)22-11-7-18(2)19(3)13-22/h5-15H,16H2,1-4H3,(H,30,33)(H,31,34,36)/b23-14+. The second kappa shape index (κ2) is 11.0. The first kappa shape index (κ1) is 26.2. The Hall–Kier alpha value is -4.92. The molecule has 0 radical (unpaired) electrons. The predicted molar refractivity (Wildman–Crippen MR) is 143 cm³/mol. The van der Waals surface area contributed by atoms with E-state index in [1.54, 1.807) is 48.5 Å². The van der Waals surface area contributed by atoms with Gasteiger partial charge in [0.05, 0.1) is 12.8 Å². The minimum absolute atomic E-state index is 0.212. The monoisotopic (exact) mass is 513 g/mol. The lowest BCUT2D eigenvalue weighted by atomic mass is 10.0. The van der Waals surface area contributed by atoms with Gasteiger partial charge in [0.25, 0.3) is 17.7 Å². The van der Waals surface area contributed by atoms with Crippen LogP contribution in [0.2, 0.25) is 0 Å². The molecule has 0 atom stereocenters. The maximum atomic E-state index is 13.2. The lowest BCUT2D eigenvalue weighted by Gasteiger charge is -2.26. The highest BCUT2D eigenvalue weighted by Gasteiger charge is 2.37. The number of urea groups is 1. The minimum atomic E-state index is -0.814. The number of methoxy groups -OCH3 is 1. The second-order valence-corrected chi connectivity index (χ2v) is 8.84. The Morgan fingerprint density at radius 3 is 2.34 bits per heavy atom. The number of imide groups is 2. The van der Waals surface area contributed by atoms with E-state index in [2.05, 4.69) is 10.6 Å². The molecule has 2 N–H and O–H groups in total. The van der Waals surface area contributed by atoms with E-state index < -0.39 is 17.8 Å². The number of amides is 5. The SMILES string of the molecule is COc1cc(/C=C2\C(=O)NC(=O)N(c3ccc(C)c(C)c3)C2=O)ccc1OCC(=O)Nc1ccc(C)cc1. The zero-order valence-corrected chi connectivity index (χ0v) is 21.5. The molecule has 0 spiro atoms. The third kappa shape index (κ3) is 5.73. The van der Waals surface area contributed by atoms with Crippen molar-refractivity contribution in [3.05, 3.63) is 88.5 Å². The van der Waals surface area contributed by atoms with Crippen LogP contribution in [0.4, 0.5) is 16.2 Å². The molecule has 38 heavy (non-hydrogen) atoms. The number of aryl methyl sites for hydroxylation is 3. The summed E-state index contributed by atoms with van der Waals surface area (Å²) in [5, 5.41) is 4.97. The lowest BCUT2D eigenvalue weighted by molar-refractivity contribution is -0.122. The van der Waals surface area contributed by atoms with Gasteiger partial charge in [-0.15, -0.1) is 0 Å². The number of ether oxygens (including phenoxy) is 2. The van der Waals surface area contributed by atoms with Gasteiger partial charge in [-0.3, -0.25) is 19.7 Å². The summed E-state index contributed by atoms with van der Waals surface area (Å²) in [7, 11) is 1.43. The van der Waals surface area contributed by atoms with Gasteiger partial charge >= 0.3 is 6.03 Å². The molecule has 0 saturated carbocycles. The average Bonchev–Trinajstić information content (AvgIpc) is 2.89. The van der Waals surface area contributed by atoms with Crippen LogP contribution >= 0.6 is 0 Å². The maximum Gasteiger partial charge on any atom is 0.335 e. The highest BCUT2D eigenvalue weighted by molar-refractivity contribution is 6.39. The average molecular weight is 514 g/mol. The Bertz CT molecular complexity index is 1460. The van der Waals surface area contributed by atoms with Gasteiger partial charge in [0.2, 0.25) is 0 Å². The van der Waals surface area contributed by atoms with Crippen molar-refractivity contribution in [3.8, 4) is 11.5 Å². The summed E-state index contributed by atoms with van der Waals surface area (Å²) in [5.41, 5.74) is 4.25. The van der Waals surface area contributed by atoms with Crippen LogP contribution in [0.15, 0.2) is 66.2 Å². The molecule has 9 nitrogen and oxygen atoms in total.